The van der Waals surface area contributed by atoms with Crippen LogP contribution in [0.1, 0.15) is 119 Å². The number of allylic oxidation sites excluding steroid dienone is 3. The van der Waals surface area contributed by atoms with Crippen molar-refractivity contribution < 1.29 is 0 Å². The van der Waals surface area contributed by atoms with E-state index >= 15 is 0 Å². The highest BCUT2D eigenvalue weighted by Gasteiger charge is 2.94. The minimum Gasteiger partial charge on any atom is -0.103 e. The Kier molecular flexibility index (Phi) is 4.24. The van der Waals surface area contributed by atoms with E-state index in [9.17, 15) is 0 Å². The fourth-order valence-electron chi connectivity index (χ4n) is 13.0. The van der Waals surface area contributed by atoms with Gasteiger partial charge in [-0.05, 0) is 127 Å². The zero-order valence-electron chi connectivity index (χ0n) is 22.4. The van der Waals surface area contributed by atoms with Crippen LogP contribution in [0, 0.1) is 56.2 Å². The van der Waals surface area contributed by atoms with Crippen molar-refractivity contribution in [1.82, 2.24) is 0 Å². The van der Waals surface area contributed by atoms with Crippen LogP contribution in [0.2, 0.25) is 0 Å². The average molecular weight is 435 g/mol. The summed E-state index contributed by atoms with van der Waals surface area (Å²) in [6, 6.07) is 0. The molecular formula is C32H50. The van der Waals surface area contributed by atoms with Crippen LogP contribution in [-0.4, -0.2) is 0 Å². The molecule has 0 bridgehead atoms. The zero-order chi connectivity index (χ0) is 22.9. The molecule has 0 aromatic rings. The second kappa shape index (κ2) is 6.18. The van der Waals surface area contributed by atoms with Crippen molar-refractivity contribution in [2.75, 3.05) is 0 Å². The summed E-state index contributed by atoms with van der Waals surface area (Å²) in [6.07, 6.45) is 18.3. The van der Waals surface area contributed by atoms with Crippen LogP contribution in [0.5, 0.6) is 0 Å². The van der Waals surface area contributed by atoms with Crippen molar-refractivity contribution in [1.29, 1.82) is 0 Å². The first kappa shape index (κ1) is 22.0. The second-order valence-corrected chi connectivity index (χ2v) is 14.9. The number of fused-ring (bicyclic) bond motifs is 3. The van der Waals surface area contributed by atoms with Crippen LogP contribution >= 0.6 is 0 Å². The van der Waals surface area contributed by atoms with Crippen molar-refractivity contribution in [2.24, 2.45) is 56.2 Å². The van der Waals surface area contributed by atoms with Crippen LogP contribution in [0.25, 0.3) is 0 Å². The first-order valence-corrected chi connectivity index (χ1v) is 14.3. The van der Waals surface area contributed by atoms with Crippen LogP contribution in [0.15, 0.2) is 23.8 Å². The van der Waals surface area contributed by atoms with E-state index in [1.54, 1.807) is 0 Å². The predicted molar refractivity (Wildman–Crippen MR) is 136 cm³/mol. The molecule has 0 N–H and O–H groups in total. The summed E-state index contributed by atoms with van der Waals surface area (Å²) < 4.78 is 0. The van der Waals surface area contributed by atoms with Gasteiger partial charge in [0.05, 0.1) is 0 Å². The Balaban J connectivity index is 1.51. The molecule has 0 aromatic heterocycles. The van der Waals surface area contributed by atoms with Crippen molar-refractivity contribution >= 4 is 0 Å². The molecule has 0 saturated heterocycles. The molecule has 32 heavy (non-hydrogen) atoms. The van der Waals surface area contributed by atoms with E-state index in [0.717, 1.165) is 23.7 Å². The number of rotatable bonds is 3. The second-order valence-electron chi connectivity index (χ2n) is 14.9. The Labute approximate surface area is 199 Å². The van der Waals surface area contributed by atoms with Crippen molar-refractivity contribution in [2.45, 2.75) is 119 Å². The quantitative estimate of drug-likeness (QED) is 0.388. The lowest BCUT2D eigenvalue weighted by Gasteiger charge is -2.61. The lowest BCUT2D eigenvalue weighted by atomic mass is 9.43. The summed E-state index contributed by atoms with van der Waals surface area (Å²) in [6.45, 7) is 22.7. The van der Waals surface area contributed by atoms with Crippen LogP contribution in [0.3, 0.4) is 0 Å². The van der Waals surface area contributed by atoms with Crippen molar-refractivity contribution in [3.05, 3.63) is 23.8 Å². The maximum Gasteiger partial charge on any atom is -0.00447 e. The smallest absolute Gasteiger partial charge is 0.00447 e. The molecule has 8 unspecified atom stereocenters. The fourth-order valence-corrected chi connectivity index (χ4v) is 13.0. The summed E-state index contributed by atoms with van der Waals surface area (Å²) in [5.41, 5.74) is 7.27. The highest BCUT2D eigenvalue weighted by atomic mass is 15.0. The normalized spacial score (nSPS) is 55.1. The van der Waals surface area contributed by atoms with Crippen molar-refractivity contribution in [3.63, 3.8) is 0 Å². The summed E-state index contributed by atoms with van der Waals surface area (Å²) >= 11 is 0. The van der Waals surface area contributed by atoms with Gasteiger partial charge in [0, 0.05) is 0 Å². The molecule has 2 spiro atoms. The summed E-state index contributed by atoms with van der Waals surface area (Å²) in [7, 11) is 0. The molecule has 8 atom stereocenters. The minimum atomic E-state index is 0.478. The molecule has 5 saturated carbocycles. The number of hydrogen-bond donors (Lipinski definition) is 0. The highest BCUT2D eigenvalue weighted by Crippen LogP contribution is 3.00. The third kappa shape index (κ3) is 1.96. The maximum atomic E-state index is 4.24. The van der Waals surface area contributed by atoms with E-state index in [1.807, 2.05) is 11.1 Å². The van der Waals surface area contributed by atoms with E-state index in [0.29, 0.717) is 32.5 Å². The molecule has 0 amide bonds. The first-order chi connectivity index (χ1) is 15.0. The molecule has 0 heteroatoms. The number of hydrogen-bond acceptors (Lipinski definition) is 0. The summed E-state index contributed by atoms with van der Waals surface area (Å²) in [5.74, 6) is 3.42. The molecule has 0 radical (unpaired) electrons. The highest BCUT2D eigenvalue weighted by molar-refractivity contribution is 5.49. The van der Waals surface area contributed by atoms with Gasteiger partial charge in [0.2, 0.25) is 0 Å². The molecule has 0 aromatic carbocycles. The average Bonchev–Trinajstić information content (AvgIpc) is 3.04. The molecule has 178 valence electrons. The molecule has 6 aliphatic carbocycles. The van der Waals surface area contributed by atoms with Crippen LogP contribution < -0.4 is 0 Å². The Bertz CT molecular complexity index is 888. The van der Waals surface area contributed by atoms with E-state index in [2.05, 4.69) is 61.1 Å². The maximum absolute atomic E-state index is 4.24. The first-order valence-electron chi connectivity index (χ1n) is 14.3. The zero-order valence-corrected chi connectivity index (χ0v) is 22.4. The van der Waals surface area contributed by atoms with E-state index < -0.39 is 0 Å². The minimum absolute atomic E-state index is 0.478. The predicted octanol–water partition coefficient (Wildman–Crippen LogP) is 9.36. The van der Waals surface area contributed by atoms with Gasteiger partial charge >= 0.3 is 0 Å². The van der Waals surface area contributed by atoms with Gasteiger partial charge in [-0.2, -0.15) is 0 Å². The lowest BCUT2D eigenvalue weighted by molar-refractivity contribution is -0.125. The van der Waals surface area contributed by atoms with Gasteiger partial charge in [-0.15, -0.1) is 6.58 Å². The van der Waals surface area contributed by atoms with E-state index in [1.165, 1.54) is 70.6 Å². The van der Waals surface area contributed by atoms with Crippen LogP contribution in [0.4, 0.5) is 0 Å². The molecule has 6 aliphatic rings. The van der Waals surface area contributed by atoms with Gasteiger partial charge < -0.3 is 0 Å². The van der Waals surface area contributed by atoms with Gasteiger partial charge in [-0.3, -0.25) is 0 Å². The molecule has 5 fully saturated rings. The van der Waals surface area contributed by atoms with Gasteiger partial charge in [0.1, 0.15) is 0 Å². The van der Waals surface area contributed by atoms with Gasteiger partial charge in [0.25, 0.3) is 0 Å². The monoisotopic (exact) mass is 434 g/mol. The van der Waals surface area contributed by atoms with Crippen LogP contribution in [-0.2, 0) is 0 Å². The lowest BCUT2D eigenvalue weighted by Crippen LogP contribution is -2.54. The Morgan fingerprint density at radius 2 is 1.69 bits per heavy atom. The molecular weight excluding hydrogens is 384 g/mol. The van der Waals surface area contributed by atoms with Gasteiger partial charge in [-0.1, -0.05) is 65.7 Å². The molecule has 0 nitrogen and oxygen atoms in total. The topological polar surface area (TPSA) is 0 Å². The fraction of sp³-hybridized carbons (Fsp3) is 0.875. The Morgan fingerprint density at radius 1 is 0.938 bits per heavy atom. The largest absolute Gasteiger partial charge is 0.103 e. The van der Waals surface area contributed by atoms with Gasteiger partial charge in [0.15, 0.2) is 0 Å². The molecule has 0 heterocycles. The Hall–Kier alpha value is -0.520. The van der Waals surface area contributed by atoms with E-state index in [4.69, 9.17) is 0 Å². The van der Waals surface area contributed by atoms with Gasteiger partial charge in [-0.25, -0.2) is 0 Å². The third-order valence-electron chi connectivity index (χ3n) is 14.3. The standard InChI is InChI=1S/C32H50/c1-9-14-30-17-11-23(21(2)3)26(30)24-12-18-32-28(7)15-10-22(4)27(5,6)25(28)13-16-29(32,8)31(24,32)20-19-30/h9,21-22,24-25H,1,10-20H2,2-8H3. The SMILES string of the molecule is C=CCC12CCC(C(C)C)=C1C1CCC34C5(C)CCC(C)C(C)(C)C5CCC3(C)C14CC2. The van der Waals surface area contributed by atoms with Crippen molar-refractivity contribution in [3.8, 4) is 0 Å². The summed E-state index contributed by atoms with van der Waals surface area (Å²) in [4.78, 5) is 0. The molecule has 6 rings (SSSR count). The Morgan fingerprint density at radius 3 is 2.38 bits per heavy atom. The van der Waals surface area contributed by atoms with E-state index in [-0.39, 0.29) is 0 Å². The summed E-state index contributed by atoms with van der Waals surface area (Å²) in [5, 5.41) is 0. The molecule has 0 aliphatic heterocycles. The third-order valence-corrected chi connectivity index (χ3v) is 14.3.